The van der Waals surface area contributed by atoms with Gasteiger partial charge in [0.15, 0.2) is 0 Å². The van der Waals surface area contributed by atoms with Crippen molar-refractivity contribution in [1.82, 2.24) is 20.0 Å². The molecule has 3 rings (SSSR count). The van der Waals surface area contributed by atoms with E-state index in [1.54, 1.807) is 0 Å². The van der Waals surface area contributed by atoms with Crippen molar-refractivity contribution in [2.75, 3.05) is 19.6 Å². The molecule has 0 aromatic carbocycles. The number of aryl methyl sites for hydroxylation is 2. The fourth-order valence-electron chi connectivity index (χ4n) is 4.04. The number of rotatable bonds is 5. The van der Waals surface area contributed by atoms with Crippen LogP contribution in [0, 0.1) is 19.8 Å². The van der Waals surface area contributed by atoms with E-state index < -0.39 is 0 Å². The van der Waals surface area contributed by atoms with Crippen molar-refractivity contribution in [2.45, 2.75) is 58.5 Å². The molecule has 2 heterocycles. The van der Waals surface area contributed by atoms with Gasteiger partial charge in [0.05, 0.1) is 5.69 Å². The van der Waals surface area contributed by atoms with Crippen LogP contribution in [0.2, 0.25) is 0 Å². The van der Waals surface area contributed by atoms with Gasteiger partial charge in [-0.15, -0.1) is 0 Å². The Balaban J connectivity index is 1.46. The molecule has 1 saturated carbocycles. The van der Waals surface area contributed by atoms with Crippen molar-refractivity contribution < 1.29 is 0 Å². The highest BCUT2D eigenvalue weighted by molar-refractivity contribution is 5.24. The minimum absolute atomic E-state index is 0.658. The SMILES string of the molecule is Cc1nn(C)c(C)c1CNC1CCN(CC2CCCC2)C1. The van der Waals surface area contributed by atoms with Gasteiger partial charge in [-0.1, -0.05) is 12.8 Å². The molecule has 4 nitrogen and oxygen atoms in total. The second kappa shape index (κ2) is 6.49. The summed E-state index contributed by atoms with van der Waals surface area (Å²) in [6.07, 6.45) is 7.13. The highest BCUT2D eigenvalue weighted by Crippen LogP contribution is 2.26. The molecule has 1 aliphatic carbocycles. The Bertz CT molecular complexity index is 473. The lowest BCUT2D eigenvalue weighted by Crippen LogP contribution is -2.34. The molecule has 1 unspecified atom stereocenters. The van der Waals surface area contributed by atoms with Crippen LogP contribution in [-0.4, -0.2) is 40.4 Å². The van der Waals surface area contributed by atoms with E-state index in [0.29, 0.717) is 6.04 Å². The molecule has 21 heavy (non-hydrogen) atoms. The van der Waals surface area contributed by atoms with E-state index in [9.17, 15) is 0 Å². The third-order valence-corrected chi connectivity index (χ3v) is 5.49. The summed E-state index contributed by atoms with van der Waals surface area (Å²) in [7, 11) is 2.03. The van der Waals surface area contributed by atoms with Crippen LogP contribution in [0.4, 0.5) is 0 Å². The topological polar surface area (TPSA) is 33.1 Å². The molecular weight excluding hydrogens is 260 g/mol. The maximum atomic E-state index is 4.51. The molecule has 1 aliphatic heterocycles. The maximum Gasteiger partial charge on any atom is 0.0641 e. The average molecular weight is 290 g/mol. The summed E-state index contributed by atoms with van der Waals surface area (Å²) in [5.41, 5.74) is 3.84. The van der Waals surface area contributed by atoms with E-state index in [4.69, 9.17) is 0 Å². The lowest BCUT2D eigenvalue weighted by molar-refractivity contribution is 0.273. The van der Waals surface area contributed by atoms with Gasteiger partial charge in [0.2, 0.25) is 0 Å². The molecule has 4 heteroatoms. The summed E-state index contributed by atoms with van der Waals surface area (Å²) < 4.78 is 1.99. The van der Waals surface area contributed by atoms with E-state index in [1.807, 2.05) is 11.7 Å². The van der Waals surface area contributed by atoms with E-state index in [0.717, 1.165) is 12.5 Å². The zero-order valence-corrected chi connectivity index (χ0v) is 13.9. The molecule has 0 bridgehead atoms. The quantitative estimate of drug-likeness (QED) is 0.904. The Hall–Kier alpha value is -0.870. The summed E-state index contributed by atoms with van der Waals surface area (Å²) in [6, 6.07) is 0.658. The van der Waals surface area contributed by atoms with Crippen LogP contribution in [0.5, 0.6) is 0 Å². The predicted molar refractivity (Wildman–Crippen MR) is 86.3 cm³/mol. The Morgan fingerprint density at radius 3 is 2.62 bits per heavy atom. The summed E-state index contributed by atoms with van der Waals surface area (Å²) in [6.45, 7) is 9.09. The van der Waals surface area contributed by atoms with Crippen molar-refractivity contribution in [2.24, 2.45) is 13.0 Å². The first-order valence-corrected chi connectivity index (χ1v) is 8.58. The van der Waals surface area contributed by atoms with E-state index in [-0.39, 0.29) is 0 Å². The second-order valence-electron chi connectivity index (χ2n) is 7.05. The highest BCUT2D eigenvalue weighted by Gasteiger charge is 2.26. The maximum absolute atomic E-state index is 4.51. The van der Waals surface area contributed by atoms with Crippen LogP contribution in [0.3, 0.4) is 0 Å². The van der Waals surface area contributed by atoms with E-state index in [2.05, 4.69) is 29.2 Å². The number of likely N-dealkylation sites (tertiary alicyclic amines) is 1. The summed E-state index contributed by atoms with van der Waals surface area (Å²) >= 11 is 0. The third-order valence-electron chi connectivity index (χ3n) is 5.49. The van der Waals surface area contributed by atoms with Crippen LogP contribution in [0.25, 0.3) is 0 Å². The van der Waals surface area contributed by atoms with Gasteiger partial charge < -0.3 is 10.2 Å². The van der Waals surface area contributed by atoms with Crippen molar-refractivity contribution in [1.29, 1.82) is 0 Å². The number of aromatic nitrogens is 2. The van der Waals surface area contributed by atoms with Gasteiger partial charge in [-0.3, -0.25) is 4.68 Å². The van der Waals surface area contributed by atoms with Gasteiger partial charge in [-0.2, -0.15) is 5.10 Å². The Morgan fingerprint density at radius 2 is 1.95 bits per heavy atom. The number of nitrogens with zero attached hydrogens (tertiary/aromatic N) is 3. The zero-order valence-electron chi connectivity index (χ0n) is 13.9. The number of hydrogen-bond donors (Lipinski definition) is 1. The summed E-state index contributed by atoms with van der Waals surface area (Å²) in [5, 5.41) is 8.26. The first-order chi connectivity index (χ1) is 10.1. The summed E-state index contributed by atoms with van der Waals surface area (Å²) in [4.78, 5) is 2.68. The molecule has 0 spiro atoms. The van der Waals surface area contributed by atoms with Gasteiger partial charge in [-0.05, 0) is 45.6 Å². The van der Waals surface area contributed by atoms with Crippen molar-refractivity contribution >= 4 is 0 Å². The van der Waals surface area contributed by atoms with Gasteiger partial charge in [-0.25, -0.2) is 0 Å². The Kier molecular flexibility index (Phi) is 4.65. The van der Waals surface area contributed by atoms with Gasteiger partial charge in [0, 0.05) is 44.0 Å². The largest absolute Gasteiger partial charge is 0.308 e. The Labute approximate surface area is 128 Å². The molecular formula is C17H30N4. The lowest BCUT2D eigenvalue weighted by Gasteiger charge is -2.20. The van der Waals surface area contributed by atoms with Gasteiger partial charge >= 0.3 is 0 Å². The van der Waals surface area contributed by atoms with E-state index >= 15 is 0 Å². The minimum atomic E-state index is 0.658. The zero-order chi connectivity index (χ0) is 14.8. The normalized spacial score (nSPS) is 24.2. The van der Waals surface area contributed by atoms with Crippen molar-refractivity contribution in [3.8, 4) is 0 Å². The first-order valence-electron chi connectivity index (χ1n) is 8.58. The first kappa shape index (κ1) is 15.0. The number of nitrogens with one attached hydrogen (secondary N) is 1. The molecule has 118 valence electrons. The second-order valence-corrected chi connectivity index (χ2v) is 7.05. The smallest absolute Gasteiger partial charge is 0.0641 e. The van der Waals surface area contributed by atoms with Gasteiger partial charge in [0.25, 0.3) is 0 Å². The minimum Gasteiger partial charge on any atom is -0.308 e. The molecule has 1 saturated heterocycles. The molecule has 1 aromatic rings. The third kappa shape index (κ3) is 3.49. The fraction of sp³-hybridized carbons (Fsp3) is 0.824. The predicted octanol–water partition coefficient (Wildman–Crippen LogP) is 2.39. The van der Waals surface area contributed by atoms with Crippen LogP contribution in [0.15, 0.2) is 0 Å². The van der Waals surface area contributed by atoms with E-state index in [1.165, 1.54) is 68.7 Å². The molecule has 1 aromatic heterocycles. The molecule has 1 N–H and O–H groups in total. The number of hydrogen-bond acceptors (Lipinski definition) is 3. The highest BCUT2D eigenvalue weighted by atomic mass is 15.3. The molecule has 0 amide bonds. The molecule has 0 radical (unpaired) electrons. The fourth-order valence-corrected chi connectivity index (χ4v) is 4.04. The van der Waals surface area contributed by atoms with Crippen LogP contribution in [-0.2, 0) is 13.6 Å². The molecule has 2 fully saturated rings. The van der Waals surface area contributed by atoms with Gasteiger partial charge in [0.1, 0.15) is 0 Å². The van der Waals surface area contributed by atoms with Crippen LogP contribution >= 0.6 is 0 Å². The molecule has 2 aliphatic rings. The van der Waals surface area contributed by atoms with Crippen molar-refractivity contribution in [3.63, 3.8) is 0 Å². The monoisotopic (exact) mass is 290 g/mol. The lowest BCUT2D eigenvalue weighted by atomic mass is 10.1. The van der Waals surface area contributed by atoms with Crippen molar-refractivity contribution in [3.05, 3.63) is 17.0 Å². The average Bonchev–Trinajstić information content (AvgIpc) is 3.15. The Morgan fingerprint density at radius 1 is 1.19 bits per heavy atom. The van der Waals surface area contributed by atoms with Crippen LogP contribution in [0.1, 0.15) is 49.1 Å². The standard InChI is InChI=1S/C17H30N4/c1-13-17(14(2)20(3)19-13)10-18-16-8-9-21(12-16)11-15-6-4-5-7-15/h15-16,18H,4-12H2,1-3H3. The van der Waals surface area contributed by atoms with Crippen LogP contribution < -0.4 is 5.32 Å². The summed E-state index contributed by atoms with van der Waals surface area (Å²) in [5.74, 6) is 0.978. The molecule has 1 atom stereocenters.